The first-order chi connectivity index (χ1) is 10.8. The van der Waals surface area contributed by atoms with Gasteiger partial charge in [0, 0.05) is 18.9 Å². The topological polar surface area (TPSA) is 88.2 Å². The zero-order valence-electron chi connectivity index (χ0n) is 14.1. The number of amides is 1. The average molecular weight is 341 g/mol. The van der Waals surface area contributed by atoms with E-state index >= 15 is 0 Å². The lowest BCUT2D eigenvalue weighted by Gasteiger charge is -2.20. The SMILES string of the molecule is CCCCS(=O)(=O)N[C@@H](CC(C)C)C(=O)NCc1cccnc1. The lowest BCUT2D eigenvalue weighted by Crippen LogP contribution is -2.47. The fourth-order valence-electron chi connectivity index (χ4n) is 2.11. The molecule has 0 radical (unpaired) electrons. The Hall–Kier alpha value is -1.47. The van der Waals surface area contributed by atoms with Gasteiger partial charge in [-0.05, 0) is 30.4 Å². The third-order valence-electron chi connectivity index (χ3n) is 3.30. The third-order valence-corrected chi connectivity index (χ3v) is 4.77. The number of hydrogen-bond acceptors (Lipinski definition) is 4. The van der Waals surface area contributed by atoms with Gasteiger partial charge in [0.2, 0.25) is 15.9 Å². The Morgan fingerprint density at radius 3 is 2.65 bits per heavy atom. The van der Waals surface area contributed by atoms with E-state index in [0.717, 1.165) is 12.0 Å². The highest BCUT2D eigenvalue weighted by Crippen LogP contribution is 2.08. The summed E-state index contributed by atoms with van der Waals surface area (Å²) in [5.74, 6) is -0.0470. The largest absolute Gasteiger partial charge is 0.351 e. The molecule has 0 aliphatic rings. The van der Waals surface area contributed by atoms with Crippen LogP contribution in [0, 0.1) is 5.92 Å². The van der Waals surface area contributed by atoms with Crippen LogP contribution in [0.15, 0.2) is 24.5 Å². The molecule has 1 rings (SSSR count). The van der Waals surface area contributed by atoms with E-state index in [4.69, 9.17) is 0 Å². The molecule has 0 fully saturated rings. The lowest BCUT2D eigenvalue weighted by molar-refractivity contribution is -0.123. The van der Waals surface area contributed by atoms with E-state index in [1.807, 2.05) is 26.8 Å². The molecule has 0 aliphatic carbocycles. The van der Waals surface area contributed by atoms with Crippen molar-refractivity contribution in [2.24, 2.45) is 5.92 Å². The summed E-state index contributed by atoms with van der Waals surface area (Å²) in [5, 5.41) is 2.78. The van der Waals surface area contributed by atoms with Crippen LogP contribution in [-0.4, -0.2) is 31.1 Å². The van der Waals surface area contributed by atoms with Gasteiger partial charge in [0.25, 0.3) is 0 Å². The van der Waals surface area contributed by atoms with Crippen LogP contribution in [-0.2, 0) is 21.4 Å². The van der Waals surface area contributed by atoms with E-state index in [1.54, 1.807) is 18.5 Å². The molecule has 7 heteroatoms. The molecule has 1 aromatic heterocycles. The summed E-state index contributed by atoms with van der Waals surface area (Å²) in [4.78, 5) is 16.3. The highest BCUT2D eigenvalue weighted by Gasteiger charge is 2.24. The summed E-state index contributed by atoms with van der Waals surface area (Å²) >= 11 is 0. The van der Waals surface area contributed by atoms with Gasteiger partial charge in [0.1, 0.15) is 6.04 Å². The van der Waals surface area contributed by atoms with Gasteiger partial charge < -0.3 is 5.32 Å². The predicted octanol–water partition coefficient (Wildman–Crippen LogP) is 1.83. The second-order valence-electron chi connectivity index (χ2n) is 6.05. The number of carbonyl (C=O) groups is 1. The van der Waals surface area contributed by atoms with Crippen molar-refractivity contribution >= 4 is 15.9 Å². The first kappa shape index (κ1) is 19.6. The zero-order chi connectivity index (χ0) is 17.3. The van der Waals surface area contributed by atoms with Crippen molar-refractivity contribution in [2.75, 3.05) is 5.75 Å². The Balaban J connectivity index is 2.67. The summed E-state index contributed by atoms with van der Waals surface area (Å²) in [6, 6.07) is 2.91. The minimum absolute atomic E-state index is 0.0496. The van der Waals surface area contributed by atoms with E-state index in [0.29, 0.717) is 19.4 Å². The van der Waals surface area contributed by atoms with Crippen molar-refractivity contribution in [3.63, 3.8) is 0 Å². The van der Waals surface area contributed by atoms with Crippen molar-refractivity contribution in [1.29, 1.82) is 0 Å². The maximum atomic E-state index is 12.3. The fourth-order valence-corrected chi connectivity index (χ4v) is 3.53. The Morgan fingerprint density at radius 1 is 1.35 bits per heavy atom. The molecule has 1 heterocycles. The maximum absolute atomic E-state index is 12.3. The zero-order valence-corrected chi connectivity index (χ0v) is 14.9. The van der Waals surface area contributed by atoms with E-state index < -0.39 is 16.1 Å². The Kier molecular flexibility index (Phi) is 8.19. The van der Waals surface area contributed by atoms with E-state index in [-0.39, 0.29) is 17.6 Å². The lowest BCUT2D eigenvalue weighted by atomic mass is 10.0. The number of aromatic nitrogens is 1. The molecule has 23 heavy (non-hydrogen) atoms. The molecule has 130 valence electrons. The van der Waals surface area contributed by atoms with Crippen LogP contribution < -0.4 is 10.0 Å². The van der Waals surface area contributed by atoms with Crippen LogP contribution in [0.25, 0.3) is 0 Å². The normalized spacial score (nSPS) is 13.0. The standard InChI is InChI=1S/C16H27N3O3S/c1-4-5-9-23(21,22)19-15(10-13(2)3)16(20)18-12-14-7-6-8-17-11-14/h6-8,11,13,15,19H,4-5,9-10,12H2,1-3H3,(H,18,20)/t15-/m0/s1. The molecule has 0 unspecified atom stereocenters. The average Bonchev–Trinajstić information content (AvgIpc) is 2.50. The maximum Gasteiger partial charge on any atom is 0.238 e. The summed E-state index contributed by atoms with van der Waals surface area (Å²) < 4.78 is 26.7. The van der Waals surface area contributed by atoms with Gasteiger partial charge in [0.05, 0.1) is 5.75 Å². The summed E-state index contributed by atoms with van der Waals surface area (Å²) in [7, 11) is -3.44. The number of carbonyl (C=O) groups excluding carboxylic acids is 1. The van der Waals surface area contributed by atoms with Crippen LogP contribution in [0.1, 0.15) is 45.6 Å². The Morgan fingerprint density at radius 2 is 2.09 bits per heavy atom. The van der Waals surface area contributed by atoms with Gasteiger partial charge in [0.15, 0.2) is 0 Å². The first-order valence-electron chi connectivity index (χ1n) is 8.00. The van der Waals surface area contributed by atoms with Crippen molar-refractivity contribution in [3.8, 4) is 0 Å². The first-order valence-corrected chi connectivity index (χ1v) is 9.66. The van der Waals surface area contributed by atoms with Gasteiger partial charge in [-0.3, -0.25) is 9.78 Å². The highest BCUT2D eigenvalue weighted by molar-refractivity contribution is 7.89. The van der Waals surface area contributed by atoms with Gasteiger partial charge in [-0.25, -0.2) is 13.1 Å². The minimum atomic E-state index is -3.44. The van der Waals surface area contributed by atoms with Crippen molar-refractivity contribution < 1.29 is 13.2 Å². The van der Waals surface area contributed by atoms with Gasteiger partial charge >= 0.3 is 0 Å². The van der Waals surface area contributed by atoms with E-state index in [9.17, 15) is 13.2 Å². The number of hydrogen-bond donors (Lipinski definition) is 2. The number of nitrogens with zero attached hydrogens (tertiary/aromatic N) is 1. The molecule has 0 spiro atoms. The third kappa shape index (κ3) is 8.08. The molecule has 1 atom stereocenters. The van der Waals surface area contributed by atoms with Crippen molar-refractivity contribution in [3.05, 3.63) is 30.1 Å². The predicted molar refractivity (Wildman–Crippen MR) is 91.2 cm³/mol. The van der Waals surface area contributed by atoms with E-state index in [1.165, 1.54) is 0 Å². The molecule has 0 saturated carbocycles. The fraction of sp³-hybridized carbons (Fsp3) is 0.625. The summed E-state index contributed by atoms with van der Waals surface area (Å²) in [6.45, 7) is 6.18. The molecular formula is C16H27N3O3S. The second kappa shape index (κ2) is 9.62. The number of pyridine rings is 1. The number of unbranched alkanes of at least 4 members (excludes halogenated alkanes) is 1. The molecule has 0 aromatic carbocycles. The molecule has 0 saturated heterocycles. The molecule has 0 bridgehead atoms. The number of nitrogens with one attached hydrogen (secondary N) is 2. The highest BCUT2D eigenvalue weighted by atomic mass is 32.2. The Bertz CT molecular complexity index is 573. The molecule has 6 nitrogen and oxygen atoms in total. The molecule has 1 aromatic rings. The van der Waals surface area contributed by atoms with Crippen LogP contribution in [0.3, 0.4) is 0 Å². The van der Waals surface area contributed by atoms with Crippen molar-refractivity contribution in [1.82, 2.24) is 15.0 Å². The molecule has 1 amide bonds. The molecular weight excluding hydrogens is 314 g/mol. The summed E-state index contributed by atoms with van der Waals surface area (Å²) in [6.07, 6.45) is 5.17. The van der Waals surface area contributed by atoms with Gasteiger partial charge in [-0.2, -0.15) is 0 Å². The smallest absolute Gasteiger partial charge is 0.238 e. The number of rotatable bonds is 10. The summed E-state index contributed by atoms with van der Waals surface area (Å²) in [5.41, 5.74) is 0.873. The molecule has 2 N–H and O–H groups in total. The van der Waals surface area contributed by atoms with Crippen molar-refractivity contribution in [2.45, 2.75) is 52.6 Å². The van der Waals surface area contributed by atoms with Gasteiger partial charge in [-0.15, -0.1) is 0 Å². The van der Waals surface area contributed by atoms with Crippen LogP contribution in [0.4, 0.5) is 0 Å². The molecule has 0 aliphatic heterocycles. The monoisotopic (exact) mass is 341 g/mol. The van der Waals surface area contributed by atoms with Crippen LogP contribution >= 0.6 is 0 Å². The quantitative estimate of drug-likeness (QED) is 0.679. The van der Waals surface area contributed by atoms with Crippen LogP contribution in [0.5, 0.6) is 0 Å². The minimum Gasteiger partial charge on any atom is -0.351 e. The second-order valence-corrected chi connectivity index (χ2v) is 7.92. The number of sulfonamides is 1. The van der Waals surface area contributed by atoms with Crippen LogP contribution in [0.2, 0.25) is 0 Å². The van der Waals surface area contributed by atoms with E-state index in [2.05, 4.69) is 15.0 Å². The Labute approximate surface area is 139 Å². The van der Waals surface area contributed by atoms with Gasteiger partial charge in [-0.1, -0.05) is 33.3 Å².